The molecule has 3 aromatic rings. The second-order valence-electron chi connectivity index (χ2n) is 11.0. The lowest BCUT2D eigenvalue weighted by molar-refractivity contribution is 0.0785. The zero-order chi connectivity index (χ0) is 27.4. The standard InChI is InChI=1S/C29H41N5O4S/c1-3-4-5-6-20(2)32-29-31-18-27-25(17-26(34(27)33-29)22-7-11-23(35)12-8-22)21-9-13-24(14-10-21)39(36,37)28-19-30-15-16-38-28/h9-10,13-14,17-18,20,22-23,28,30,35H,3-8,11-12,15-16,19H2,1-2H3,(H,32,33). The first kappa shape index (κ1) is 28.0. The minimum absolute atomic E-state index is 0.236. The Morgan fingerprint density at radius 2 is 1.95 bits per heavy atom. The van der Waals surface area contributed by atoms with Gasteiger partial charge in [-0.15, -0.1) is 5.10 Å². The number of aliphatic hydroxyl groups is 1. The highest BCUT2D eigenvalue weighted by atomic mass is 32.2. The van der Waals surface area contributed by atoms with E-state index in [2.05, 4.69) is 35.5 Å². The molecule has 3 heterocycles. The maximum atomic E-state index is 13.1. The lowest BCUT2D eigenvalue weighted by Gasteiger charge is -2.25. The Bertz CT molecular complexity index is 1340. The van der Waals surface area contributed by atoms with Crippen molar-refractivity contribution >= 4 is 21.3 Å². The van der Waals surface area contributed by atoms with Crippen molar-refractivity contribution in [3.8, 4) is 11.1 Å². The quantitative estimate of drug-likeness (QED) is 0.313. The number of fused-ring (bicyclic) bond motifs is 1. The molecule has 10 heteroatoms. The third kappa shape index (κ3) is 6.29. The van der Waals surface area contributed by atoms with E-state index in [-0.39, 0.29) is 23.0 Å². The molecule has 1 saturated heterocycles. The summed E-state index contributed by atoms with van der Waals surface area (Å²) >= 11 is 0. The Hall–Kier alpha value is -2.53. The average Bonchev–Trinajstić information content (AvgIpc) is 3.33. The number of ether oxygens (including phenoxy) is 1. The summed E-state index contributed by atoms with van der Waals surface area (Å²) in [5, 5.41) is 21.6. The van der Waals surface area contributed by atoms with Crippen LogP contribution in [0.3, 0.4) is 0 Å². The van der Waals surface area contributed by atoms with Gasteiger partial charge < -0.3 is 20.5 Å². The fourth-order valence-electron chi connectivity index (χ4n) is 5.68. The zero-order valence-electron chi connectivity index (χ0n) is 23.0. The Labute approximate surface area is 231 Å². The molecule has 5 rings (SSSR count). The molecule has 0 bridgehead atoms. The maximum absolute atomic E-state index is 13.1. The predicted octanol–water partition coefficient (Wildman–Crippen LogP) is 4.52. The molecule has 0 radical (unpaired) electrons. The van der Waals surface area contributed by atoms with E-state index in [1.165, 1.54) is 19.3 Å². The summed E-state index contributed by atoms with van der Waals surface area (Å²) in [5.41, 5.74) is 3.00. The Morgan fingerprint density at radius 3 is 2.64 bits per heavy atom. The fourth-order valence-corrected chi connectivity index (χ4v) is 7.12. The molecule has 1 aliphatic carbocycles. The van der Waals surface area contributed by atoms with Crippen LogP contribution in [0.2, 0.25) is 0 Å². The van der Waals surface area contributed by atoms with Gasteiger partial charge in [0.25, 0.3) is 0 Å². The van der Waals surface area contributed by atoms with Crippen molar-refractivity contribution in [2.45, 2.75) is 93.6 Å². The van der Waals surface area contributed by atoms with Gasteiger partial charge >= 0.3 is 0 Å². The number of aliphatic hydroxyl groups excluding tert-OH is 1. The summed E-state index contributed by atoms with van der Waals surface area (Å²) in [5.74, 6) is 0.892. The maximum Gasteiger partial charge on any atom is 0.241 e. The first-order valence-electron chi connectivity index (χ1n) is 14.4. The van der Waals surface area contributed by atoms with Crippen molar-refractivity contribution in [2.75, 3.05) is 25.0 Å². The van der Waals surface area contributed by atoms with Gasteiger partial charge in [-0.25, -0.2) is 17.9 Å². The number of hydrogen-bond acceptors (Lipinski definition) is 8. The molecule has 2 atom stereocenters. The van der Waals surface area contributed by atoms with Gasteiger partial charge in [0, 0.05) is 36.3 Å². The van der Waals surface area contributed by atoms with Crippen molar-refractivity contribution in [1.82, 2.24) is 19.9 Å². The summed E-state index contributed by atoms with van der Waals surface area (Å²) in [7, 11) is -3.59. The van der Waals surface area contributed by atoms with Crippen LogP contribution in [0, 0.1) is 0 Å². The summed E-state index contributed by atoms with van der Waals surface area (Å²) < 4.78 is 33.7. The molecule has 1 saturated carbocycles. The molecule has 39 heavy (non-hydrogen) atoms. The highest BCUT2D eigenvalue weighted by molar-refractivity contribution is 7.92. The van der Waals surface area contributed by atoms with E-state index in [1.807, 2.05) is 22.8 Å². The number of rotatable bonds is 10. The highest BCUT2D eigenvalue weighted by Crippen LogP contribution is 2.38. The van der Waals surface area contributed by atoms with Crippen molar-refractivity contribution in [3.05, 3.63) is 42.2 Å². The third-order valence-corrected chi connectivity index (χ3v) is 9.93. The Morgan fingerprint density at radius 1 is 1.18 bits per heavy atom. The van der Waals surface area contributed by atoms with Gasteiger partial charge in [-0.05, 0) is 62.8 Å². The molecule has 2 unspecified atom stereocenters. The molecule has 0 amide bonds. The number of sulfone groups is 1. The molecule has 2 aromatic heterocycles. The van der Waals surface area contributed by atoms with E-state index >= 15 is 0 Å². The van der Waals surface area contributed by atoms with Crippen LogP contribution in [-0.2, 0) is 14.6 Å². The molecule has 3 N–H and O–H groups in total. The lowest BCUT2D eigenvalue weighted by atomic mass is 9.85. The smallest absolute Gasteiger partial charge is 0.241 e. The average molecular weight is 556 g/mol. The second kappa shape index (κ2) is 12.3. The van der Waals surface area contributed by atoms with E-state index in [4.69, 9.17) is 9.84 Å². The van der Waals surface area contributed by atoms with Crippen LogP contribution in [0.15, 0.2) is 41.4 Å². The normalized spacial score (nSPS) is 23.1. The number of morpholine rings is 1. The van der Waals surface area contributed by atoms with E-state index in [0.29, 0.717) is 25.6 Å². The van der Waals surface area contributed by atoms with Gasteiger partial charge in [-0.2, -0.15) is 0 Å². The Balaban J connectivity index is 1.46. The summed E-state index contributed by atoms with van der Waals surface area (Å²) in [4.78, 5) is 4.90. The first-order chi connectivity index (χ1) is 18.9. The van der Waals surface area contributed by atoms with Gasteiger partial charge in [0.05, 0.1) is 29.3 Å². The molecular weight excluding hydrogens is 514 g/mol. The topological polar surface area (TPSA) is 118 Å². The van der Waals surface area contributed by atoms with Crippen molar-refractivity contribution in [3.63, 3.8) is 0 Å². The minimum atomic E-state index is -3.59. The van der Waals surface area contributed by atoms with Gasteiger partial charge in [-0.3, -0.25) is 0 Å². The summed E-state index contributed by atoms with van der Waals surface area (Å²) in [6, 6.07) is 9.48. The number of unbranched alkanes of at least 4 members (excludes halogenated alkanes) is 2. The molecule has 1 aliphatic heterocycles. The SMILES string of the molecule is CCCCCC(C)Nc1ncc2c(-c3ccc(S(=O)(=O)C4CNCCO4)cc3)cc(C3CCC(O)CC3)n2n1. The van der Waals surface area contributed by atoms with E-state index in [1.54, 1.807) is 12.1 Å². The van der Waals surface area contributed by atoms with E-state index in [0.717, 1.165) is 54.4 Å². The van der Waals surface area contributed by atoms with Gasteiger partial charge in [-0.1, -0.05) is 38.3 Å². The van der Waals surface area contributed by atoms with Crippen LogP contribution < -0.4 is 10.6 Å². The van der Waals surface area contributed by atoms with Gasteiger partial charge in [0.2, 0.25) is 15.8 Å². The predicted molar refractivity (Wildman–Crippen MR) is 153 cm³/mol. The molecule has 1 aromatic carbocycles. The second-order valence-corrected chi connectivity index (χ2v) is 13.1. The summed E-state index contributed by atoms with van der Waals surface area (Å²) in [6.07, 6.45) is 9.64. The lowest BCUT2D eigenvalue weighted by Crippen LogP contribution is -2.42. The van der Waals surface area contributed by atoms with Crippen molar-refractivity contribution in [2.24, 2.45) is 0 Å². The molecule has 9 nitrogen and oxygen atoms in total. The van der Waals surface area contributed by atoms with Gasteiger partial charge in [0.15, 0.2) is 5.44 Å². The monoisotopic (exact) mass is 555 g/mol. The molecule has 2 aliphatic rings. The number of nitrogens with zero attached hydrogens (tertiary/aromatic N) is 3. The van der Waals surface area contributed by atoms with Crippen molar-refractivity contribution < 1.29 is 18.3 Å². The van der Waals surface area contributed by atoms with Crippen LogP contribution in [0.4, 0.5) is 5.95 Å². The van der Waals surface area contributed by atoms with Crippen LogP contribution in [0.1, 0.15) is 76.8 Å². The van der Waals surface area contributed by atoms with E-state index < -0.39 is 15.3 Å². The number of aromatic nitrogens is 3. The van der Waals surface area contributed by atoms with Crippen LogP contribution >= 0.6 is 0 Å². The third-order valence-electron chi connectivity index (χ3n) is 8.01. The Kier molecular flexibility index (Phi) is 8.86. The van der Waals surface area contributed by atoms with Crippen LogP contribution in [-0.4, -0.2) is 65.4 Å². The molecule has 2 fully saturated rings. The van der Waals surface area contributed by atoms with Crippen LogP contribution in [0.25, 0.3) is 16.6 Å². The number of anilines is 1. The van der Waals surface area contributed by atoms with Gasteiger partial charge in [0.1, 0.15) is 0 Å². The number of hydrogen-bond donors (Lipinski definition) is 3. The van der Waals surface area contributed by atoms with Crippen molar-refractivity contribution in [1.29, 1.82) is 0 Å². The molecule has 0 spiro atoms. The summed E-state index contributed by atoms with van der Waals surface area (Å²) in [6.45, 7) is 5.70. The number of benzene rings is 1. The number of nitrogens with one attached hydrogen (secondary N) is 2. The largest absolute Gasteiger partial charge is 0.393 e. The van der Waals surface area contributed by atoms with Crippen LogP contribution in [0.5, 0.6) is 0 Å². The minimum Gasteiger partial charge on any atom is -0.393 e. The highest BCUT2D eigenvalue weighted by Gasteiger charge is 2.30. The van der Waals surface area contributed by atoms with E-state index in [9.17, 15) is 13.5 Å². The molecular formula is C29H41N5O4S. The first-order valence-corrected chi connectivity index (χ1v) is 15.9. The molecule has 212 valence electrons. The zero-order valence-corrected chi connectivity index (χ0v) is 23.8. The fraction of sp³-hybridized carbons (Fsp3) is 0.586.